The van der Waals surface area contributed by atoms with Gasteiger partial charge in [0, 0.05) is 31.2 Å². The van der Waals surface area contributed by atoms with E-state index in [1.807, 2.05) is 18.7 Å². The lowest BCUT2D eigenvalue weighted by Crippen LogP contribution is -2.42. The number of rotatable bonds is 8. The van der Waals surface area contributed by atoms with Crippen molar-refractivity contribution in [3.63, 3.8) is 0 Å². The molecule has 0 aliphatic carbocycles. The van der Waals surface area contributed by atoms with Gasteiger partial charge in [0.15, 0.2) is 0 Å². The van der Waals surface area contributed by atoms with Gasteiger partial charge in [0.1, 0.15) is 0 Å². The summed E-state index contributed by atoms with van der Waals surface area (Å²) in [7, 11) is -3.53. The van der Waals surface area contributed by atoms with Gasteiger partial charge < -0.3 is 10.2 Å². The minimum Gasteiger partial charge on any atom is -0.334 e. The molecule has 0 spiro atoms. The number of nitrogens with zero attached hydrogens (tertiary/aromatic N) is 1. The molecule has 1 aromatic rings. The highest BCUT2D eigenvalue weighted by atomic mass is 32.2. The maximum atomic E-state index is 12.8. The minimum atomic E-state index is -3.53. The monoisotopic (exact) mass is 367 g/mol. The molecule has 2 N–H and O–H groups in total. The van der Waals surface area contributed by atoms with Gasteiger partial charge in [-0.1, -0.05) is 20.8 Å². The Kier molecular flexibility index (Phi) is 6.98. The third kappa shape index (κ3) is 5.26. The standard InChI is InChI=1S/C18H29N3O3S/c1-4-11-21(16-9-10-19-13-16)18(22)15-5-7-17(8-6-15)25(23,24)20-12-14(2)3/h5-8,14,16,19-20H,4,9-13H2,1-3H3. The number of benzene rings is 1. The van der Waals surface area contributed by atoms with Crippen LogP contribution in [0.25, 0.3) is 0 Å². The molecule has 6 nitrogen and oxygen atoms in total. The second-order valence-corrected chi connectivity index (χ2v) is 8.68. The summed E-state index contributed by atoms with van der Waals surface area (Å²) in [6.07, 6.45) is 1.85. The molecule has 0 radical (unpaired) electrons. The Morgan fingerprint density at radius 2 is 2.00 bits per heavy atom. The topological polar surface area (TPSA) is 78.5 Å². The number of carbonyl (C=O) groups excluding carboxylic acids is 1. The normalized spacial score (nSPS) is 17.8. The summed E-state index contributed by atoms with van der Waals surface area (Å²) in [4.78, 5) is 14.9. The van der Waals surface area contributed by atoms with Crippen LogP contribution in [0.3, 0.4) is 0 Å². The maximum Gasteiger partial charge on any atom is 0.254 e. The predicted octanol–water partition coefficient (Wildman–Crippen LogP) is 1.83. The van der Waals surface area contributed by atoms with Crippen LogP contribution in [-0.4, -0.2) is 51.4 Å². The molecular weight excluding hydrogens is 338 g/mol. The molecule has 1 unspecified atom stereocenters. The molecule has 7 heteroatoms. The van der Waals surface area contributed by atoms with Crippen LogP contribution in [0.2, 0.25) is 0 Å². The van der Waals surface area contributed by atoms with E-state index in [0.29, 0.717) is 18.7 Å². The van der Waals surface area contributed by atoms with E-state index >= 15 is 0 Å². The molecule has 2 rings (SSSR count). The Morgan fingerprint density at radius 3 is 2.52 bits per heavy atom. The molecule has 1 saturated heterocycles. The first-order valence-corrected chi connectivity index (χ1v) is 10.4. The number of carbonyl (C=O) groups is 1. The molecular formula is C18H29N3O3S. The number of hydrogen-bond donors (Lipinski definition) is 2. The molecule has 25 heavy (non-hydrogen) atoms. The molecule has 1 fully saturated rings. The zero-order valence-corrected chi connectivity index (χ0v) is 16.1. The molecule has 1 atom stereocenters. The van der Waals surface area contributed by atoms with E-state index in [2.05, 4.69) is 17.0 Å². The summed E-state index contributed by atoms with van der Waals surface area (Å²) in [5.74, 6) is 0.202. The zero-order chi connectivity index (χ0) is 18.4. The van der Waals surface area contributed by atoms with Crippen LogP contribution >= 0.6 is 0 Å². The van der Waals surface area contributed by atoms with Crippen molar-refractivity contribution in [2.24, 2.45) is 5.92 Å². The predicted molar refractivity (Wildman–Crippen MR) is 99.1 cm³/mol. The Labute approximate surface area is 151 Å². The molecule has 0 saturated carbocycles. The van der Waals surface area contributed by atoms with Crippen LogP contribution in [0.1, 0.15) is 44.0 Å². The number of hydrogen-bond acceptors (Lipinski definition) is 4. The van der Waals surface area contributed by atoms with Gasteiger partial charge in [-0.25, -0.2) is 13.1 Å². The summed E-state index contributed by atoms with van der Waals surface area (Å²) >= 11 is 0. The first-order chi connectivity index (χ1) is 11.8. The van der Waals surface area contributed by atoms with Crippen LogP contribution in [-0.2, 0) is 10.0 Å². The Hall–Kier alpha value is -1.44. The van der Waals surface area contributed by atoms with Crippen molar-refractivity contribution in [1.29, 1.82) is 0 Å². The van der Waals surface area contributed by atoms with Crippen molar-refractivity contribution < 1.29 is 13.2 Å². The second kappa shape index (κ2) is 8.78. The SMILES string of the molecule is CCCN(C(=O)c1ccc(S(=O)(=O)NCC(C)C)cc1)C1CCNC1. The maximum absolute atomic E-state index is 12.8. The van der Waals surface area contributed by atoms with Crippen molar-refractivity contribution >= 4 is 15.9 Å². The number of sulfonamides is 1. The third-order valence-corrected chi connectivity index (χ3v) is 5.73. The smallest absolute Gasteiger partial charge is 0.254 e. The fourth-order valence-corrected chi connectivity index (χ4v) is 4.11. The van der Waals surface area contributed by atoms with E-state index in [1.165, 1.54) is 12.1 Å². The first kappa shape index (κ1) is 19.9. The van der Waals surface area contributed by atoms with Crippen LogP contribution in [0.4, 0.5) is 0 Å². The molecule has 0 aromatic heterocycles. The highest BCUT2D eigenvalue weighted by molar-refractivity contribution is 7.89. The summed E-state index contributed by atoms with van der Waals surface area (Å²) in [5.41, 5.74) is 0.531. The van der Waals surface area contributed by atoms with E-state index < -0.39 is 10.0 Å². The summed E-state index contributed by atoms with van der Waals surface area (Å²) < 4.78 is 27.1. The number of amides is 1. The van der Waals surface area contributed by atoms with Crippen LogP contribution < -0.4 is 10.0 Å². The minimum absolute atomic E-state index is 0.0327. The highest BCUT2D eigenvalue weighted by Gasteiger charge is 2.27. The van der Waals surface area contributed by atoms with E-state index in [9.17, 15) is 13.2 Å². The molecule has 1 aliphatic heterocycles. The van der Waals surface area contributed by atoms with Crippen LogP contribution in [0, 0.1) is 5.92 Å². The Bertz CT molecular complexity index is 665. The van der Waals surface area contributed by atoms with Gasteiger partial charge in [-0.3, -0.25) is 4.79 Å². The highest BCUT2D eigenvalue weighted by Crippen LogP contribution is 2.16. The van der Waals surface area contributed by atoms with Crippen molar-refractivity contribution in [2.45, 2.75) is 44.6 Å². The summed E-state index contributed by atoms with van der Waals surface area (Å²) in [6, 6.07) is 6.44. The van der Waals surface area contributed by atoms with Crippen LogP contribution in [0.5, 0.6) is 0 Å². The van der Waals surface area contributed by atoms with Gasteiger partial charge in [-0.05, 0) is 49.6 Å². The second-order valence-electron chi connectivity index (χ2n) is 6.92. The first-order valence-electron chi connectivity index (χ1n) is 8.96. The van der Waals surface area contributed by atoms with E-state index in [0.717, 1.165) is 25.9 Å². The van der Waals surface area contributed by atoms with Crippen LogP contribution in [0.15, 0.2) is 29.2 Å². The lowest BCUT2D eigenvalue weighted by Gasteiger charge is -2.28. The Morgan fingerprint density at radius 1 is 1.32 bits per heavy atom. The summed E-state index contributed by atoms with van der Waals surface area (Å²) in [6.45, 7) is 8.80. The largest absolute Gasteiger partial charge is 0.334 e. The Balaban J connectivity index is 2.13. The van der Waals surface area contributed by atoms with E-state index in [-0.39, 0.29) is 22.8 Å². The summed E-state index contributed by atoms with van der Waals surface area (Å²) in [5, 5.41) is 3.29. The van der Waals surface area contributed by atoms with Gasteiger partial charge in [0.25, 0.3) is 5.91 Å². The third-order valence-electron chi connectivity index (χ3n) is 4.29. The van der Waals surface area contributed by atoms with Crippen molar-refractivity contribution in [3.05, 3.63) is 29.8 Å². The molecule has 0 bridgehead atoms. The van der Waals surface area contributed by atoms with Gasteiger partial charge >= 0.3 is 0 Å². The van der Waals surface area contributed by atoms with Crippen molar-refractivity contribution in [2.75, 3.05) is 26.2 Å². The number of nitrogens with one attached hydrogen (secondary N) is 2. The van der Waals surface area contributed by atoms with Crippen molar-refractivity contribution in [3.8, 4) is 0 Å². The van der Waals surface area contributed by atoms with Gasteiger partial charge in [-0.2, -0.15) is 0 Å². The molecule has 1 aromatic carbocycles. The lowest BCUT2D eigenvalue weighted by molar-refractivity contribution is 0.0692. The quantitative estimate of drug-likeness (QED) is 0.735. The molecule has 1 heterocycles. The molecule has 1 amide bonds. The lowest BCUT2D eigenvalue weighted by atomic mass is 10.1. The van der Waals surface area contributed by atoms with E-state index in [4.69, 9.17) is 0 Å². The van der Waals surface area contributed by atoms with E-state index in [1.54, 1.807) is 12.1 Å². The molecule has 1 aliphatic rings. The molecule has 140 valence electrons. The van der Waals surface area contributed by atoms with Gasteiger partial charge in [0.2, 0.25) is 10.0 Å². The van der Waals surface area contributed by atoms with Gasteiger partial charge in [-0.15, -0.1) is 0 Å². The fraction of sp³-hybridized carbons (Fsp3) is 0.611. The van der Waals surface area contributed by atoms with Gasteiger partial charge in [0.05, 0.1) is 4.90 Å². The average Bonchev–Trinajstić information content (AvgIpc) is 3.12. The fourth-order valence-electron chi connectivity index (χ4n) is 2.90. The average molecular weight is 368 g/mol. The van der Waals surface area contributed by atoms with Crippen molar-refractivity contribution in [1.82, 2.24) is 14.9 Å². The zero-order valence-electron chi connectivity index (χ0n) is 15.3.